The van der Waals surface area contributed by atoms with Crippen LogP contribution in [0, 0.1) is 10.1 Å². The van der Waals surface area contributed by atoms with Gasteiger partial charge in [-0.25, -0.2) is 5.43 Å². The Bertz CT molecular complexity index is 1100. The van der Waals surface area contributed by atoms with Crippen LogP contribution < -0.4 is 10.2 Å². The summed E-state index contributed by atoms with van der Waals surface area (Å²) >= 11 is 3.14. The van der Waals surface area contributed by atoms with E-state index >= 15 is 0 Å². The van der Waals surface area contributed by atoms with Gasteiger partial charge in [-0.1, -0.05) is 58.4 Å². The van der Waals surface area contributed by atoms with Crippen LogP contribution >= 0.6 is 15.9 Å². The summed E-state index contributed by atoms with van der Waals surface area (Å²) in [6.45, 7) is 0.296. The number of carbonyl (C=O) groups excluding carboxylic acids is 1. The van der Waals surface area contributed by atoms with E-state index in [0.29, 0.717) is 16.8 Å². The Morgan fingerprint density at radius 1 is 1.17 bits per heavy atom. The SMILES string of the molecule is O=C(N/N=C\c1cc(Br)cc([N+](=O)[O-])c1O)c1ccccc1OCc1ccccc1. The van der Waals surface area contributed by atoms with Gasteiger partial charge in [-0.2, -0.15) is 5.10 Å². The fraction of sp³-hybridized carbons (Fsp3) is 0.0476. The molecule has 3 aromatic rings. The Labute approximate surface area is 180 Å². The lowest BCUT2D eigenvalue weighted by atomic mass is 10.2. The number of nitrogens with zero attached hydrogens (tertiary/aromatic N) is 2. The number of rotatable bonds is 7. The lowest BCUT2D eigenvalue weighted by molar-refractivity contribution is -0.385. The smallest absolute Gasteiger partial charge is 0.312 e. The summed E-state index contributed by atoms with van der Waals surface area (Å²) in [5.41, 5.74) is 3.16. The van der Waals surface area contributed by atoms with E-state index < -0.39 is 22.3 Å². The molecular formula is C21H16BrN3O5. The first-order valence-electron chi connectivity index (χ1n) is 8.72. The minimum Gasteiger partial charge on any atom is -0.502 e. The highest BCUT2D eigenvalue weighted by atomic mass is 79.9. The van der Waals surface area contributed by atoms with E-state index in [2.05, 4.69) is 26.5 Å². The molecule has 1 amide bonds. The van der Waals surface area contributed by atoms with Crippen LogP contribution in [0.2, 0.25) is 0 Å². The Morgan fingerprint density at radius 3 is 2.60 bits per heavy atom. The molecule has 0 fully saturated rings. The van der Waals surface area contributed by atoms with E-state index in [1.54, 1.807) is 24.3 Å². The van der Waals surface area contributed by atoms with Gasteiger partial charge < -0.3 is 9.84 Å². The number of ether oxygens (including phenoxy) is 1. The van der Waals surface area contributed by atoms with E-state index in [4.69, 9.17) is 4.74 Å². The Kier molecular flexibility index (Phi) is 6.76. The molecule has 8 nitrogen and oxygen atoms in total. The molecule has 30 heavy (non-hydrogen) atoms. The van der Waals surface area contributed by atoms with Gasteiger partial charge >= 0.3 is 5.69 Å². The maximum Gasteiger partial charge on any atom is 0.312 e. The standard InChI is InChI=1S/C21H16BrN3O5/c22-16-10-15(20(26)18(11-16)25(28)29)12-23-24-21(27)17-8-4-5-9-19(17)30-13-14-6-2-1-3-7-14/h1-12,26H,13H2,(H,24,27)/b23-12-. The number of nitro groups is 1. The maximum absolute atomic E-state index is 12.5. The average molecular weight is 470 g/mol. The van der Waals surface area contributed by atoms with E-state index in [1.807, 2.05) is 30.3 Å². The van der Waals surface area contributed by atoms with Crippen molar-refractivity contribution >= 4 is 33.7 Å². The minimum absolute atomic E-state index is 0.0741. The molecule has 0 spiro atoms. The van der Waals surface area contributed by atoms with Crippen molar-refractivity contribution in [2.75, 3.05) is 0 Å². The van der Waals surface area contributed by atoms with Crippen LogP contribution in [0.4, 0.5) is 5.69 Å². The second-order valence-electron chi connectivity index (χ2n) is 6.09. The zero-order chi connectivity index (χ0) is 21.5. The summed E-state index contributed by atoms with van der Waals surface area (Å²) in [6.07, 6.45) is 1.12. The van der Waals surface area contributed by atoms with Gasteiger partial charge in [0.2, 0.25) is 5.75 Å². The number of hydrogen-bond donors (Lipinski definition) is 2. The molecule has 0 unspecified atom stereocenters. The zero-order valence-electron chi connectivity index (χ0n) is 15.5. The fourth-order valence-electron chi connectivity index (χ4n) is 2.58. The number of phenols is 1. The first kappa shape index (κ1) is 21.0. The van der Waals surface area contributed by atoms with Gasteiger partial charge in [0.05, 0.1) is 16.7 Å². The summed E-state index contributed by atoms with van der Waals surface area (Å²) in [5.74, 6) is -0.693. The third-order valence-electron chi connectivity index (χ3n) is 4.02. The number of benzene rings is 3. The van der Waals surface area contributed by atoms with Crippen molar-refractivity contribution in [3.05, 3.63) is 98.0 Å². The molecule has 0 aliphatic rings. The van der Waals surface area contributed by atoms with Crippen molar-refractivity contribution in [3.63, 3.8) is 0 Å². The molecular weight excluding hydrogens is 454 g/mol. The number of hydrazone groups is 1. The molecule has 0 heterocycles. The molecule has 3 aromatic carbocycles. The molecule has 0 aliphatic carbocycles. The Balaban J connectivity index is 1.72. The quantitative estimate of drug-likeness (QED) is 0.302. The van der Waals surface area contributed by atoms with Gasteiger partial charge in [-0.3, -0.25) is 14.9 Å². The summed E-state index contributed by atoms with van der Waals surface area (Å²) < 4.78 is 6.14. The number of amides is 1. The number of aromatic hydroxyl groups is 1. The maximum atomic E-state index is 12.5. The fourth-order valence-corrected chi connectivity index (χ4v) is 3.04. The molecule has 0 saturated heterocycles. The molecule has 0 aromatic heterocycles. The van der Waals surface area contributed by atoms with Crippen molar-refractivity contribution in [1.29, 1.82) is 0 Å². The van der Waals surface area contributed by atoms with Gasteiger partial charge in [0.25, 0.3) is 5.91 Å². The lowest BCUT2D eigenvalue weighted by Crippen LogP contribution is -2.18. The molecule has 0 aliphatic heterocycles. The highest BCUT2D eigenvalue weighted by molar-refractivity contribution is 9.10. The number of phenolic OH excluding ortho intramolecular Hbond substituents is 1. The van der Waals surface area contributed by atoms with Crippen LogP contribution in [0.5, 0.6) is 11.5 Å². The van der Waals surface area contributed by atoms with Crippen LogP contribution in [0.15, 0.2) is 76.3 Å². The molecule has 3 rings (SSSR count). The summed E-state index contributed by atoms with van der Waals surface area (Å²) in [6, 6.07) is 18.8. The Morgan fingerprint density at radius 2 is 1.87 bits per heavy atom. The number of carbonyl (C=O) groups is 1. The van der Waals surface area contributed by atoms with E-state index in [9.17, 15) is 20.0 Å². The van der Waals surface area contributed by atoms with Gasteiger partial charge in [-0.05, 0) is 23.8 Å². The summed E-state index contributed by atoms with van der Waals surface area (Å²) in [4.78, 5) is 22.8. The van der Waals surface area contributed by atoms with Crippen LogP contribution in [-0.4, -0.2) is 22.2 Å². The Hall–Kier alpha value is -3.72. The highest BCUT2D eigenvalue weighted by Crippen LogP contribution is 2.32. The number of nitro benzene ring substituents is 1. The normalized spacial score (nSPS) is 10.7. The predicted molar refractivity (Wildman–Crippen MR) is 115 cm³/mol. The number of para-hydroxylation sites is 1. The van der Waals surface area contributed by atoms with Gasteiger partial charge in [0, 0.05) is 16.1 Å². The van der Waals surface area contributed by atoms with Crippen molar-refractivity contribution in [1.82, 2.24) is 5.43 Å². The van der Waals surface area contributed by atoms with E-state index in [1.165, 1.54) is 12.1 Å². The highest BCUT2D eigenvalue weighted by Gasteiger charge is 2.18. The van der Waals surface area contributed by atoms with Crippen LogP contribution in [-0.2, 0) is 6.61 Å². The van der Waals surface area contributed by atoms with Crippen molar-refractivity contribution < 1.29 is 19.6 Å². The lowest BCUT2D eigenvalue weighted by Gasteiger charge is -2.10. The molecule has 0 atom stereocenters. The number of nitrogens with one attached hydrogen (secondary N) is 1. The first-order chi connectivity index (χ1) is 14.5. The third kappa shape index (κ3) is 5.21. The second kappa shape index (κ2) is 9.66. The molecule has 0 bridgehead atoms. The van der Waals surface area contributed by atoms with Gasteiger partial charge in [0.1, 0.15) is 12.4 Å². The van der Waals surface area contributed by atoms with Gasteiger partial charge in [0.15, 0.2) is 0 Å². The topological polar surface area (TPSA) is 114 Å². The summed E-state index contributed by atoms with van der Waals surface area (Å²) in [5, 5.41) is 24.8. The van der Waals surface area contributed by atoms with Crippen LogP contribution in [0.3, 0.4) is 0 Å². The first-order valence-corrected chi connectivity index (χ1v) is 9.51. The van der Waals surface area contributed by atoms with Crippen LogP contribution in [0.25, 0.3) is 0 Å². The summed E-state index contributed by atoms with van der Waals surface area (Å²) in [7, 11) is 0. The number of halogens is 1. The molecule has 2 N–H and O–H groups in total. The zero-order valence-corrected chi connectivity index (χ0v) is 17.1. The second-order valence-corrected chi connectivity index (χ2v) is 7.01. The van der Waals surface area contributed by atoms with Gasteiger partial charge in [-0.15, -0.1) is 0 Å². The largest absolute Gasteiger partial charge is 0.502 e. The number of hydrogen-bond acceptors (Lipinski definition) is 6. The molecule has 152 valence electrons. The van der Waals surface area contributed by atoms with Crippen molar-refractivity contribution in [2.24, 2.45) is 5.10 Å². The molecule has 0 radical (unpaired) electrons. The molecule has 0 saturated carbocycles. The van der Waals surface area contributed by atoms with E-state index in [-0.39, 0.29) is 11.1 Å². The molecule has 9 heteroatoms. The van der Waals surface area contributed by atoms with Crippen molar-refractivity contribution in [3.8, 4) is 11.5 Å². The van der Waals surface area contributed by atoms with Crippen LogP contribution in [0.1, 0.15) is 21.5 Å². The van der Waals surface area contributed by atoms with E-state index in [0.717, 1.165) is 11.8 Å². The third-order valence-corrected chi connectivity index (χ3v) is 4.48. The predicted octanol–water partition coefficient (Wildman–Crippen LogP) is 4.41. The van der Waals surface area contributed by atoms with Crippen molar-refractivity contribution in [2.45, 2.75) is 6.61 Å². The minimum atomic E-state index is -0.712. The monoisotopic (exact) mass is 469 g/mol. The average Bonchev–Trinajstić information content (AvgIpc) is 2.75.